The Bertz CT molecular complexity index is 527. The lowest BCUT2D eigenvalue weighted by molar-refractivity contribution is 0.641. The molecule has 0 radical (unpaired) electrons. The molecule has 2 aromatic rings. The Morgan fingerprint density at radius 1 is 1.50 bits per heavy atom. The summed E-state index contributed by atoms with van der Waals surface area (Å²) >= 11 is 3.56. The molecule has 0 saturated carbocycles. The molecular formula is C10H5FINS. The first-order valence-corrected chi connectivity index (χ1v) is 5.91. The Morgan fingerprint density at radius 3 is 3.00 bits per heavy atom. The van der Waals surface area contributed by atoms with Crippen molar-refractivity contribution in [1.29, 1.82) is 5.26 Å². The lowest BCUT2D eigenvalue weighted by Gasteiger charge is -1.99. The van der Waals surface area contributed by atoms with Crippen LogP contribution in [0, 0.1) is 20.7 Å². The van der Waals surface area contributed by atoms with E-state index in [-0.39, 0.29) is 5.82 Å². The highest BCUT2D eigenvalue weighted by Crippen LogP contribution is 2.32. The van der Waals surface area contributed by atoms with E-state index in [4.69, 9.17) is 5.26 Å². The molecule has 0 bridgehead atoms. The predicted molar refractivity (Wildman–Crippen MR) is 63.8 cm³/mol. The zero-order chi connectivity index (χ0) is 10.1. The average molecular weight is 317 g/mol. The molecular weight excluding hydrogens is 312 g/mol. The topological polar surface area (TPSA) is 23.8 Å². The largest absolute Gasteiger partial charge is 0.205 e. The smallest absolute Gasteiger partial charge is 0.141 e. The Labute approximate surface area is 98.3 Å². The van der Waals surface area contributed by atoms with E-state index in [2.05, 4.69) is 28.7 Å². The number of hydrogen-bond donors (Lipinski definition) is 0. The third-order valence-electron chi connectivity index (χ3n) is 1.98. The van der Waals surface area contributed by atoms with E-state index < -0.39 is 0 Å². The average Bonchev–Trinajstić information content (AvgIpc) is 2.55. The molecule has 4 heteroatoms. The highest BCUT2D eigenvalue weighted by Gasteiger charge is 2.10. The van der Waals surface area contributed by atoms with Crippen LogP contribution in [0.3, 0.4) is 0 Å². The van der Waals surface area contributed by atoms with Gasteiger partial charge in [0.25, 0.3) is 0 Å². The first kappa shape index (κ1) is 9.87. The van der Waals surface area contributed by atoms with Crippen molar-refractivity contribution in [2.24, 2.45) is 0 Å². The molecule has 0 N–H and O–H groups in total. The molecule has 70 valence electrons. The number of nitrogens with zero attached hydrogens (tertiary/aromatic N) is 1. The van der Waals surface area contributed by atoms with Crippen molar-refractivity contribution >= 4 is 44.0 Å². The van der Waals surface area contributed by atoms with Crippen LogP contribution in [-0.2, 0) is 6.42 Å². The van der Waals surface area contributed by atoms with Gasteiger partial charge in [-0.1, -0.05) is 6.07 Å². The molecule has 1 nitrogen and oxygen atoms in total. The summed E-state index contributed by atoms with van der Waals surface area (Å²) in [6, 6.07) is 5.21. The SMILES string of the molecule is N#CCc1ccc(F)c2scc(I)c12. The van der Waals surface area contributed by atoms with Gasteiger partial charge in [0.05, 0.1) is 17.2 Å². The zero-order valence-corrected chi connectivity index (χ0v) is 10.0. The van der Waals surface area contributed by atoms with Gasteiger partial charge in [-0.05, 0) is 34.2 Å². The van der Waals surface area contributed by atoms with Crippen molar-refractivity contribution in [3.63, 3.8) is 0 Å². The molecule has 0 atom stereocenters. The lowest BCUT2D eigenvalue weighted by Crippen LogP contribution is -1.85. The van der Waals surface area contributed by atoms with Crippen LogP contribution in [-0.4, -0.2) is 0 Å². The van der Waals surface area contributed by atoms with Crippen molar-refractivity contribution in [2.45, 2.75) is 6.42 Å². The van der Waals surface area contributed by atoms with Gasteiger partial charge in [-0.3, -0.25) is 0 Å². The first-order chi connectivity index (χ1) is 6.74. The van der Waals surface area contributed by atoms with Crippen LogP contribution >= 0.6 is 33.9 Å². The molecule has 1 aromatic heterocycles. The second-order valence-corrected chi connectivity index (χ2v) is 4.87. The lowest BCUT2D eigenvalue weighted by atomic mass is 10.1. The molecule has 14 heavy (non-hydrogen) atoms. The Hall–Kier alpha value is -0.670. The summed E-state index contributed by atoms with van der Waals surface area (Å²) < 4.78 is 15.0. The minimum absolute atomic E-state index is 0.199. The molecule has 0 unspecified atom stereocenters. The second-order valence-electron chi connectivity index (χ2n) is 2.83. The van der Waals surface area contributed by atoms with Crippen molar-refractivity contribution in [3.8, 4) is 6.07 Å². The van der Waals surface area contributed by atoms with E-state index in [0.717, 1.165) is 14.5 Å². The van der Waals surface area contributed by atoms with Gasteiger partial charge in [0, 0.05) is 14.3 Å². The summed E-state index contributed by atoms with van der Waals surface area (Å²) in [5, 5.41) is 11.4. The van der Waals surface area contributed by atoms with Crippen LogP contribution in [0.5, 0.6) is 0 Å². The van der Waals surface area contributed by atoms with Gasteiger partial charge in [-0.2, -0.15) is 5.26 Å². The Kier molecular flexibility index (Phi) is 2.70. The van der Waals surface area contributed by atoms with E-state index in [1.165, 1.54) is 17.4 Å². The fourth-order valence-electron chi connectivity index (χ4n) is 1.38. The number of nitriles is 1. The van der Waals surface area contributed by atoms with Crippen LogP contribution in [0.2, 0.25) is 0 Å². The minimum atomic E-state index is -0.199. The van der Waals surface area contributed by atoms with Gasteiger partial charge in [0.1, 0.15) is 5.82 Å². The van der Waals surface area contributed by atoms with Gasteiger partial charge in [-0.25, -0.2) is 4.39 Å². The molecule has 0 saturated heterocycles. The fourth-order valence-corrected chi connectivity index (χ4v) is 3.44. The van der Waals surface area contributed by atoms with E-state index in [1.807, 2.05) is 5.38 Å². The van der Waals surface area contributed by atoms with Crippen LogP contribution in [0.15, 0.2) is 17.5 Å². The molecule has 2 rings (SSSR count). The summed E-state index contributed by atoms with van der Waals surface area (Å²) in [4.78, 5) is 0. The quantitative estimate of drug-likeness (QED) is 0.736. The summed E-state index contributed by atoms with van der Waals surface area (Å²) in [5.41, 5.74) is 0.912. The molecule has 0 aliphatic heterocycles. The third kappa shape index (κ3) is 1.51. The van der Waals surface area contributed by atoms with Crippen LogP contribution in [0.1, 0.15) is 5.56 Å². The van der Waals surface area contributed by atoms with Crippen molar-refractivity contribution in [2.75, 3.05) is 0 Å². The van der Waals surface area contributed by atoms with Crippen LogP contribution < -0.4 is 0 Å². The number of halogens is 2. The van der Waals surface area contributed by atoms with E-state index >= 15 is 0 Å². The Morgan fingerprint density at radius 2 is 2.29 bits per heavy atom. The number of hydrogen-bond acceptors (Lipinski definition) is 2. The molecule has 1 aromatic carbocycles. The van der Waals surface area contributed by atoms with Crippen LogP contribution in [0.4, 0.5) is 4.39 Å². The van der Waals surface area contributed by atoms with E-state index in [9.17, 15) is 4.39 Å². The number of fused-ring (bicyclic) bond motifs is 1. The molecule has 0 amide bonds. The van der Waals surface area contributed by atoms with Crippen LogP contribution in [0.25, 0.3) is 10.1 Å². The first-order valence-electron chi connectivity index (χ1n) is 3.95. The predicted octanol–water partition coefficient (Wildman–Crippen LogP) is 3.71. The standard InChI is InChI=1S/C10H5FINS/c11-7-2-1-6(3-4-13)9-8(12)5-14-10(7)9/h1-2,5H,3H2. The molecule has 0 aliphatic rings. The van der Waals surface area contributed by atoms with Gasteiger partial charge in [-0.15, -0.1) is 11.3 Å². The monoisotopic (exact) mass is 317 g/mol. The molecule has 0 aliphatic carbocycles. The van der Waals surface area contributed by atoms with Gasteiger partial charge in [0.2, 0.25) is 0 Å². The zero-order valence-electron chi connectivity index (χ0n) is 7.05. The highest BCUT2D eigenvalue weighted by atomic mass is 127. The van der Waals surface area contributed by atoms with E-state index in [0.29, 0.717) is 11.1 Å². The molecule has 1 heterocycles. The normalized spacial score (nSPS) is 10.4. The van der Waals surface area contributed by atoms with Crippen molar-refractivity contribution in [3.05, 3.63) is 32.5 Å². The fraction of sp³-hybridized carbons (Fsp3) is 0.100. The second kappa shape index (κ2) is 3.83. The van der Waals surface area contributed by atoms with Crippen molar-refractivity contribution in [1.82, 2.24) is 0 Å². The number of thiophene rings is 1. The van der Waals surface area contributed by atoms with Gasteiger partial charge >= 0.3 is 0 Å². The van der Waals surface area contributed by atoms with Crippen molar-refractivity contribution < 1.29 is 4.39 Å². The van der Waals surface area contributed by atoms with Gasteiger partial charge < -0.3 is 0 Å². The molecule has 0 fully saturated rings. The maximum Gasteiger partial charge on any atom is 0.141 e. The number of benzene rings is 1. The maximum atomic E-state index is 13.3. The summed E-state index contributed by atoms with van der Waals surface area (Å²) in [6.45, 7) is 0. The molecule has 0 spiro atoms. The third-order valence-corrected chi connectivity index (χ3v) is 4.25. The summed E-state index contributed by atoms with van der Waals surface area (Å²) in [7, 11) is 0. The number of rotatable bonds is 1. The van der Waals surface area contributed by atoms with E-state index in [1.54, 1.807) is 6.07 Å². The Balaban J connectivity index is 2.80. The van der Waals surface area contributed by atoms with Gasteiger partial charge in [0.15, 0.2) is 0 Å². The maximum absolute atomic E-state index is 13.3. The summed E-state index contributed by atoms with van der Waals surface area (Å²) in [5.74, 6) is -0.199. The summed E-state index contributed by atoms with van der Waals surface area (Å²) in [6.07, 6.45) is 0.337. The highest BCUT2D eigenvalue weighted by molar-refractivity contribution is 14.1. The minimum Gasteiger partial charge on any atom is -0.205 e.